The van der Waals surface area contributed by atoms with Crippen LogP contribution in [0.2, 0.25) is 0 Å². The number of carbonyl (C=O) groups is 2. The number of ether oxygens (including phenoxy) is 3. The third-order valence-corrected chi connectivity index (χ3v) is 3.07. The Bertz CT molecular complexity index is 301. The Hall–Kier alpha value is -1.18. The van der Waals surface area contributed by atoms with E-state index in [-0.39, 0.29) is 19.0 Å². The van der Waals surface area contributed by atoms with Crippen molar-refractivity contribution in [3.8, 4) is 0 Å². The average molecular weight is 244 g/mol. The zero-order valence-electron chi connectivity index (χ0n) is 9.68. The molecule has 17 heavy (non-hydrogen) atoms. The Morgan fingerprint density at radius 2 is 2.12 bits per heavy atom. The third kappa shape index (κ3) is 2.13. The Balaban J connectivity index is 2.17. The fourth-order valence-electron chi connectivity index (χ4n) is 2.27. The molecule has 2 rings (SSSR count). The summed E-state index contributed by atoms with van der Waals surface area (Å²) in [5.74, 6) is -1.64. The van der Waals surface area contributed by atoms with Crippen LogP contribution in [0.1, 0.15) is 6.42 Å². The highest BCUT2D eigenvalue weighted by molar-refractivity contribution is 5.86. The van der Waals surface area contributed by atoms with E-state index in [2.05, 4.69) is 4.74 Å². The Labute approximate surface area is 98.8 Å². The van der Waals surface area contributed by atoms with Crippen molar-refractivity contribution in [3.05, 3.63) is 0 Å². The van der Waals surface area contributed by atoms with Gasteiger partial charge in [-0.25, -0.2) is 4.79 Å². The molecular formula is C10H16N2O5. The van der Waals surface area contributed by atoms with Crippen molar-refractivity contribution in [2.24, 2.45) is 5.73 Å². The van der Waals surface area contributed by atoms with E-state index in [0.29, 0.717) is 19.6 Å². The number of methoxy groups -OCH3 is 1. The quantitative estimate of drug-likeness (QED) is 0.592. The normalized spacial score (nSPS) is 26.5. The minimum atomic E-state index is -0.857. The molecule has 0 radical (unpaired) electrons. The van der Waals surface area contributed by atoms with E-state index >= 15 is 0 Å². The molecule has 1 atom stereocenters. The molecule has 2 fully saturated rings. The van der Waals surface area contributed by atoms with Crippen LogP contribution in [0.4, 0.5) is 0 Å². The van der Waals surface area contributed by atoms with E-state index in [0.717, 1.165) is 0 Å². The first kappa shape index (κ1) is 12.3. The van der Waals surface area contributed by atoms with Crippen LogP contribution in [0.5, 0.6) is 0 Å². The van der Waals surface area contributed by atoms with Gasteiger partial charge in [0.15, 0.2) is 5.79 Å². The van der Waals surface area contributed by atoms with Crippen LogP contribution in [0.25, 0.3) is 0 Å². The van der Waals surface area contributed by atoms with Crippen LogP contribution in [0, 0.1) is 0 Å². The summed E-state index contributed by atoms with van der Waals surface area (Å²) >= 11 is 0. The van der Waals surface area contributed by atoms with Crippen LogP contribution in [-0.2, 0) is 23.8 Å². The number of nitrogens with two attached hydrogens (primary N) is 1. The van der Waals surface area contributed by atoms with Crippen LogP contribution in [-0.4, -0.2) is 62.0 Å². The second-order valence-corrected chi connectivity index (χ2v) is 4.08. The molecule has 2 aliphatic heterocycles. The molecule has 1 unspecified atom stereocenters. The molecule has 0 aromatic carbocycles. The SMILES string of the molecule is COC(=O)C1CC2(CN1C(=O)CN)OCCO2. The van der Waals surface area contributed by atoms with Gasteiger partial charge >= 0.3 is 5.97 Å². The van der Waals surface area contributed by atoms with Crippen LogP contribution < -0.4 is 5.73 Å². The zero-order chi connectivity index (χ0) is 12.5. The lowest BCUT2D eigenvalue weighted by Gasteiger charge is -2.22. The predicted octanol–water partition coefficient (Wildman–Crippen LogP) is -1.54. The monoisotopic (exact) mass is 244 g/mol. The van der Waals surface area contributed by atoms with Gasteiger partial charge in [-0.05, 0) is 0 Å². The van der Waals surface area contributed by atoms with Crippen molar-refractivity contribution >= 4 is 11.9 Å². The highest BCUT2D eigenvalue weighted by Gasteiger charge is 2.52. The fraction of sp³-hybridized carbons (Fsp3) is 0.800. The number of carbonyl (C=O) groups excluding carboxylic acids is 2. The summed E-state index contributed by atoms with van der Waals surface area (Å²) in [5, 5.41) is 0. The summed E-state index contributed by atoms with van der Waals surface area (Å²) in [6, 6.07) is -0.672. The molecule has 0 saturated carbocycles. The number of esters is 1. The van der Waals surface area contributed by atoms with Gasteiger partial charge in [-0.15, -0.1) is 0 Å². The van der Waals surface area contributed by atoms with Crippen molar-refractivity contribution < 1.29 is 23.8 Å². The van der Waals surface area contributed by atoms with E-state index in [4.69, 9.17) is 15.2 Å². The molecule has 1 amide bonds. The topological polar surface area (TPSA) is 91.1 Å². The highest BCUT2D eigenvalue weighted by Crippen LogP contribution is 2.35. The van der Waals surface area contributed by atoms with Crippen molar-refractivity contribution in [1.29, 1.82) is 0 Å². The molecule has 96 valence electrons. The smallest absolute Gasteiger partial charge is 0.328 e. The molecule has 0 bridgehead atoms. The Kier molecular flexibility index (Phi) is 3.32. The van der Waals surface area contributed by atoms with Crippen LogP contribution in [0.15, 0.2) is 0 Å². The first-order valence-corrected chi connectivity index (χ1v) is 5.47. The second-order valence-electron chi connectivity index (χ2n) is 4.08. The van der Waals surface area contributed by atoms with Gasteiger partial charge in [0.25, 0.3) is 0 Å². The standard InChI is InChI=1S/C10H16N2O5/c1-15-9(14)7-4-10(16-2-3-17-10)6-12(7)8(13)5-11/h7H,2-6,11H2,1H3. The molecule has 0 aromatic heterocycles. The second kappa shape index (κ2) is 4.59. The Morgan fingerprint density at radius 3 is 2.65 bits per heavy atom. The predicted molar refractivity (Wildman–Crippen MR) is 55.8 cm³/mol. The van der Waals surface area contributed by atoms with Crippen molar-refractivity contribution in [2.45, 2.75) is 18.2 Å². The van der Waals surface area contributed by atoms with Gasteiger partial charge in [0.1, 0.15) is 6.04 Å². The first-order chi connectivity index (χ1) is 8.12. The number of hydrogen-bond acceptors (Lipinski definition) is 6. The molecule has 2 aliphatic rings. The highest BCUT2D eigenvalue weighted by atomic mass is 16.7. The minimum absolute atomic E-state index is 0.149. The largest absolute Gasteiger partial charge is 0.467 e. The number of amides is 1. The number of likely N-dealkylation sites (tertiary alicyclic amines) is 1. The summed E-state index contributed by atoms with van der Waals surface area (Å²) in [6.45, 7) is 1.02. The van der Waals surface area contributed by atoms with E-state index in [9.17, 15) is 9.59 Å². The minimum Gasteiger partial charge on any atom is -0.467 e. The zero-order valence-corrected chi connectivity index (χ0v) is 9.68. The fourth-order valence-corrected chi connectivity index (χ4v) is 2.27. The average Bonchev–Trinajstić information content (AvgIpc) is 2.95. The molecule has 7 heteroatoms. The van der Waals surface area contributed by atoms with E-state index in [1.54, 1.807) is 0 Å². The van der Waals surface area contributed by atoms with Gasteiger partial charge in [0.2, 0.25) is 5.91 Å². The summed E-state index contributed by atoms with van der Waals surface area (Å²) in [6.07, 6.45) is 0.297. The number of nitrogens with zero attached hydrogens (tertiary/aromatic N) is 1. The van der Waals surface area contributed by atoms with Crippen molar-refractivity contribution in [1.82, 2.24) is 4.90 Å². The van der Waals surface area contributed by atoms with Crippen molar-refractivity contribution in [2.75, 3.05) is 33.4 Å². The van der Waals surface area contributed by atoms with Gasteiger partial charge < -0.3 is 24.8 Å². The van der Waals surface area contributed by atoms with E-state index in [1.165, 1.54) is 12.0 Å². The molecule has 0 aliphatic carbocycles. The first-order valence-electron chi connectivity index (χ1n) is 5.47. The van der Waals surface area contributed by atoms with Crippen molar-refractivity contribution in [3.63, 3.8) is 0 Å². The van der Waals surface area contributed by atoms with Crippen LogP contribution in [0.3, 0.4) is 0 Å². The van der Waals surface area contributed by atoms with E-state index < -0.39 is 17.8 Å². The lowest BCUT2D eigenvalue weighted by atomic mass is 10.1. The van der Waals surface area contributed by atoms with Crippen LogP contribution >= 0.6 is 0 Å². The maximum absolute atomic E-state index is 11.7. The maximum atomic E-state index is 11.7. The molecule has 1 spiro atoms. The molecule has 2 saturated heterocycles. The molecule has 2 N–H and O–H groups in total. The van der Waals surface area contributed by atoms with Gasteiger partial charge in [-0.3, -0.25) is 4.79 Å². The summed E-state index contributed by atoms with van der Waals surface area (Å²) in [7, 11) is 1.29. The molecule has 7 nitrogen and oxygen atoms in total. The van der Waals surface area contributed by atoms with Gasteiger partial charge in [0, 0.05) is 6.42 Å². The number of hydrogen-bond donors (Lipinski definition) is 1. The molecule has 2 heterocycles. The summed E-state index contributed by atoms with van der Waals surface area (Å²) in [4.78, 5) is 24.7. The molecular weight excluding hydrogens is 228 g/mol. The van der Waals surface area contributed by atoms with Gasteiger partial charge in [0.05, 0.1) is 33.4 Å². The lowest BCUT2D eigenvalue weighted by molar-refractivity contribution is -0.152. The summed E-state index contributed by atoms with van der Waals surface area (Å²) in [5.41, 5.74) is 5.32. The van der Waals surface area contributed by atoms with Gasteiger partial charge in [-0.1, -0.05) is 0 Å². The maximum Gasteiger partial charge on any atom is 0.328 e. The molecule has 0 aromatic rings. The van der Waals surface area contributed by atoms with E-state index in [1.807, 2.05) is 0 Å². The number of rotatable bonds is 2. The lowest BCUT2D eigenvalue weighted by Crippen LogP contribution is -2.44. The summed E-state index contributed by atoms with van der Waals surface area (Å²) < 4.78 is 15.7. The third-order valence-electron chi connectivity index (χ3n) is 3.07. The van der Waals surface area contributed by atoms with Gasteiger partial charge in [-0.2, -0.15) is 0 Å². The Morgan fingerprint density at radius 1 is 1.47 bits per heavy atom.